The van der Waals surface area contributed by atoms with Crippen molar-refractivity contribution in [1.82, 2.24) is 24.1 Å². The summed E-state index contributed by atoms with van der Waals surface area (Å²) in [6, 6.07) is 23.8. The highest BCUT2D eigenvalue weighted by Crippen LogP contribution is 2.30. The molecule has 0 bridgehead atoms. The van der Waals surface area contributed by atoms with Gasteiger partial charge in [-0.15, -0.1) is 0 Å². The molecule has 1 atom stereocenters. The lowest BCUT2D eigenvalue weighted by Gasteiger charge is -2.18. The fourth-order valence-corrected chi connectivity index (χ4v) is 4.86. The number of para-hydroxylation sites is 2. The molecule has 0 aliphatic carbocycles. The van der Waals surface area contributed by atoms with E-state index in [4.69, 9.17) is 15.0 Å². The SMILES string of the molecule is Cc1ccc(-n2c3nc4ccccc4nc3c3c(=O)n([C@@H](C)c4ccccc4)c(C)nc32)cc1C. The summed E-state index contributed by atoms with van der Waals surface area (Å²) in [6.07, 6.45) is 0. The second-order valence-corrected chi connectivity index (χ2v) is 9.11. The van der Waals surface area contributed by atoms with Crippen molar-refractivity contribution in [1.29, 1.82) is 0 Å². The van der Waals surface area contributed by atoms with Crippen LogP contribution in [-0.2, 0) is 0 Å². The average molecular weight is 460 g/mol. The van der Waals surface area contributed by atoms with Gasteiger partial charge in [-0.1, -0.05) is 48.5 Å². The number of aryl methyl sites for hydroxylation is 3. The molecule has 0 saturated carbocycles. The predicted molar refractivity (Wildman–Crippen MR) is 140 cm³/mol. The normalized spacial score (nSPS) is 12.6. The molecule has 6 nitrogen and oxygen atoms in total. The molecular formula is C29H25N5O. The van der Waals surface area contributed by atoms with E-state index in [2.05, 4.69) is 26.0 Å². The molecule has 35 heavy (non-hydrogen) atoms. The van der Waals surface area contributed by atoms with E-state index < -0.39 is 0 Å². The van der Waals surface area contributed by atoms with Crippen molar-refractivity contribution in [3.8, 4) is 5.69 Å². The Labute approximate surface area is 202 Å². The fraction of sp³-hybridized carbons (Fsp3) is 0.172. The number of benzene rings is 3. The van der Waals surface area contributed by atoms with Crippen LogP contribution in [0.15, 0.2) is 77.6 Å². The third-order valence-corrected chi connectivity index (χ3v) is 6.90. The van der Waals surface area contributed by atoms with Crippen LogP contribution in [0.25, 0.3) is 38.9 Å². The Morgan fingerprint density at radius 2 is 1.43 bits per heavy atom. The van der Waals surface area contributed by atoms with Gasteiger partial charge >= 0.3 is 0 Å². The molecule has 0 N–H and O–H groups in total. The lowest BCUT2D eigenvalue weighted by molar-refractivity contribution is 0.587. The summed E-state index contributed by atoms with van der Waals surface area (Å²) in [5.41, 5.74) is 7.54. The Balaban J connectivity index is 1.76. The molecule has 0 amide bonds. The minimum atomic E-state index is -0.172. The Bertz CT molecular complexity index is 1820. The van der Waals surface area contributed by atoms with Crippen molar-refractivity contribution in [2.45, 2.75) is 33.7 Å². The summed E-state index contributed by atoms with van der Waals surface area (Å²) >= 11 is 0. The van der Waals surface area contributed by atoms with Gasteiger partial charge in [0.1, 0.15) is 16.7 Å². The highest BCUT2D eigenvalue weighted by Gasteiger charge is 2.24. The average Bonchev–Trinajstić information content (AvgIpc) is 3.17. The maximum absolute atomic E-state index is 14.1. The van der Waals surface area contributed by atoms with Gasteiger partial charge in [0.25, 0.3) is 5.56 Å². The highest BCUT2D eigenvalue weighted by molar-refractivity contribution is 6.05. The van der Waals surface area contributed by atoms with E-state index in [0.717, 1.165) is 27.8 Å². The molecule has 3 aromatic heterocycles. The monoisotopic (exact) mass is 459 g/mol. The first-order valence-corrected chi connectivity index (χ1v) is 11.8. The van der Waals surface area contributed by atoms with Crippen LogP contribution in [0, 0.1) is 20.8 Å². The van der Waals surface area contributed by atoms with Crippen LogP contribution in [0.2, 0.25) is 0 Å². The van der Waals surface area contributed by atoms with E-state index in [1.807, 2.05) is 79.1 Å². The van der Waals surface area contributed by atoms with Crippen molar-refractivity contribution >= 4 is 33.2 Å². The second-order valence-electron chi connectivity index (χ2n) is 9.11. The van der Waals surface area contributed by atoms with Crippen molar-refractivity contribution < 1.29 is 0 Å². The summed E-state index contributed by atoms with van der Waals surface area (Å²) in [6.45, 7) is 8.09. The van der Waals surface area contributed by atoms with Gasteiger partial charge in [-0.25, -0.2) is 15.0 Å². The van der Waals surface area contributed by atoms with Crippen LogP contribution in [-0.4, -0.2) is 24.1 Å². The Hall–Kier alpha value is -4.32. The molecule has 6 rings (SSSR count). The van der Waals surface area contributed by atoms with Crippen LogP contribution >= 0.6 is 0 Å². The lowest BCUT2D eigenvalue weighted by atomic mass is 10.1. The summed E-state index contributed by atoms with van der Waals surface area (Å²) < 4.78 is 3.74. The predicted octanol–water partition coefficient (Wildman–Crippen LogP) is 5.82. The summed E-state index contributed by atoms with van der Waals surface area (Å²) in [7, 11) is 0. The molecule has 0 radical (unpaired) electrons. The van der Waals surface area contributed by atoms with Gasteiger partial charge in [0.15, 0.2) is 11.3 Å². The number of hydrogen-bond donors (Lipinski definition) is 0. The van der Waals surface area contributed by atoms with Crippen LogP contribution in [0.4, 0.5) is 0 Å². The molecule has 0 aliphatic heterocycles. The first-order chi connectivity index (χ1) is 16.9. The maximum Gasteiger partial charge on any atom is 0.265 e. The number of hydrogen-bond acceptors (Lipinski definition) is 4. The van der Waals surface area contributed by atoms with Crippen molar-refractivity contribution in [3.63, 3.8) is 0 Å². The zero-order chi connectivity index (χ0) is 24.3. The summed E-state index contributed by atoms with van der Waals surface area (Å²) in [4.78, 5) is 29.0. The van der Waals surface area contributed by atoms with Crippen molar-refractivity contribution in [2.24, 2.45) is 0 Å². The number of rotatable bonds is 3. The van der Waals surface area contributed by atoms with Crippen LogP contribution < -0.4 is 5.56 Å². The molecule has 172 valence electrons. The quantitative estimate of drug-likeness (QED) is 0.335. The number of nitrogens with zero attached hydrogens (tertiary/aromatic N) is 5. The van der Waals surface area contributed by atoms with E-state index in [1.165, 1.54) is 5.56 Å². The standard InChI is InChI=1S/C29H25N5O/c1-17-14-15-22(16-18(17)2)34-27-25(26-28(34)32-24-13-9-8-12-23(24)31-26)29(35)33(20(4)30-27)19(3)21-10-6-5-7-11-21/h5-16,19H,1-4H3/t19-/m0/s1. The third kappa shape index (κ3) is 3.25. The topological polar surface area (TPSA) is 65.6 Å². The molecule has 6 heteroatoms. The van der Waals surface area contributed by atoms with Crippen molar-refractivity contribution in [2.75, 3.05) is 0 Å². The molecule has 0 unspecified atom stereocenters. The van der Waals surface area contributed by atoms with E-state index in [0.29, 0.717) is 28.0 Å². The molecule has 0 saturated heterocycles. The zero-order valence-corrected chi connectivity index (χ0v) is 20.1. The summed E-state index contributed by atoms with van der Waals surface area (Å²) in [5.74, 6) is 0.649. The molecule has 0 spiro atoms. The molecule has 3 heterocycles. The van der Waals surface area contributed by atoms with E-state index in [9.17, 15) is 4.79 Å². The molecule has 6 aromatic rings. The third-order valence-electron chi connectivity index (χ3n) is 6.90. The van der Waals surface area contributed by atoms with Crippen LogP contribution in [0.1, 0.15) is 35.5 Å². The van der Waals surface area contributed by atoms with E-state index in [1.54, 1.807) is 4.57 Å². The highest BCUT2D eigenvalue weighted by atomic mass is 16.1. The van der Waals surface area contributed by atoms with E-state index in [-0.39, 0.29) is 11.6 Å². The van der Waals surface area contributed by atoms with Crippen LogP contribution in [0.3, 0.4) is 0 Å². The lowest BCUT2D eigenvalue weighted by Crippen LogP contribution is -2.27. The molecule has 0 aliphatic rings. The van der Waals surface area contributed by atoms with Crippen LogP contribution in [0.5, 0.6) is 0 Å². The smallest absolute Gasteiger partial charge is 0.265 e. The first-order valence-electron chi connectivity index (χ1n) is 11.8. The molecule has 3 aromatic carbocycles. The van der Waals surface area contributed by atoms with Gasteiger partial charge in [0.2, 0.25) is 0 Å². The molecule has 0 fully saturated rings. The van der Waals surface area contributed by atoms with Gasteiger partial charge < -0.3 is 0 Å². The van der Waals surface area contributed by atoms with E-state index >= 15 is 0 Å². The van der Waals surface area contributed by atoms with Gasteiger partial charge in [-0.2, -0.15) is 0 Å². The van der Waals surface area contributed by atoms with Gasteiger partial charge in [-0.3, -0.25) is 13.9 Å². The Morgan fingerprint density at radius 1 is 0.743 bits per heavy atom. The largest absolute Gasteiger partial charge is 0.289 e. The zero-order valence-electron chi connectivity index (χ0n) is 20.1. The van der Waals surface area contributed by atoms with Gasteiger partial charge in [-0.05, 0) is 68.7 Å². The number of fused-ring (bicyclic) bond motifs is 4. The number of aromatic nitrogens is 5. The molecular weight excluding hydrogens is 434 g/mol. The minimum Gasteiger partial charge on any atom is -0.289 e. The second kappa shape index (κ2) is 7.87. The van der Waals surface area contributed by atoms with Gasteiger partial charge in [0, 0.05) is 5.69 Å². The van der Waals surface area contributed by atoms with Crippen molar-refractivity contribution in [3.05, 3.63) is 106 Å². The summed E-state index contributed by atoms with van der Waals surface area (Å²) in [5, 5.41) is 0.491. The Kier molecular flexibility index (Phi) is 4.78. The minimum absolute atomic E-state index is 0.110. The first kappa shape index (κ1) is 21.2. The fourth-order valence-electron chi connectivity index (χ4n) is 4.86. The maximum atomic E-state index is 14.1. The Morgan fingerprint density at radius 3 is 2.14 bits per heavy atom. The van der Waals surface area contributed by atoms with Gasteiger partial charge in [0.05, 0.1) is 17.1 Å².